The summed E-state index contributed by atoms with van der Waals surface area (Å²) in [6, 6.07) is 2.58. The number of aliphatic hydroxyl groups is 2. The van der Waals surface area contributed by atoms with E-state index in [4.69, 9.17) is 27.7 Å². The van der Waals surface area contributed by atoms with Crippen molar-refractivity contribution in [3.63, 3.8) is 0 Å². The Morgan fingerprint density at radius 3 is 2.11 bits per heavy atom. The number of Topliss-reactive ketones (excluding diaryl/α,β-unsaturated/α-hetero) is 2. The monoisotopic (exact) mass is 646 g/mol. The van der Waals surface area contributed by atoms with Crippen molar-refractivity contribution in [2.75, 3.05) is 14.1 Å². The van der Waals surface area contributed by atoms with Gasteiger partial charge in [-0.2, -0.15) is 5.26 Å². The number of ether oxygens (including phenoxy) is 1. The van der Waals surface area contributed by atoms with Gasteiger partial charge in [0.2, 0.25) is 5.41 Å². The number of nitrogens with zero attached hydrogens (tertiary/aromatic N) is 2. The molecule has 1 amide bonds. The quantitative estimate of drug-likeness (QED) is 0.169. The lowest BCUT2D eigenvalue weighted by molar-refractivity contribution is -0.196. The number of hydrogen-bond donors (Lipinski definition) is 7. The number of hydrogen-bond acceptors (Lipinski definition) is 13. The van der Waals surface area contributed by atoms with Crippen LogP contribution in [-0.2, 0) is 23.9 Å². The van der Waals surface area contributed by atoms with E-state index in [1.807, 2.05) is 0 Å². The first-order valence-corrected chi connectivity index (χ1v) is 15.7. The van der Waals surface area contributed by atoms with E-state index < -0.39 is 92.0 Å². The minimum atomic E-state index is -3.04. The Hall–Kier alpha value is -4.29. The molecule has 1 aromatic carbocycles. The summed E-state index contributed by atoms with van der Waals surface area (Å²) in [5.41, 5.74) is 15.7. The fourth-order valence-corrected chi connectivity index (χ4v) is 10.6. The number of carbonyl (C=O) groups excluding carboxylic acids is 4. The molecule has 5 saturated carbocycles. The third-order valence-electron chi connectivity index (χ3n) is 12.1. The number of nitriles is 1. The van der Waals surface area contributed by atoms with Crippen LogP contribution in [0.1, 0.15) is 55.7 Å². The van der Waals surface area contributed by atoms with Gasteiger partial charge in [-0.25, -0.2) is 0 Å². The van der Waals surface area contributed by atoms with E-state index in [0.29, 0.717) is 37.0 Å². The number of fused-ring (bicyclic) bond motifs is 3. The molecule has 7 aliphatic carbocycles. The number of nitrogens with two attached hydrogens (primary N) is 4. The van der Waals surface area contributed by atoms with Crippen molar-refractivity contribution in [2.45, 2.75) is 67.8 Å². The van der Waals surface area contributed by atoms with Crippen LogP contribution in [0.2, 0.25) is 0 Å². The van der Waals surface area contributed by atoms with E-state index in [0.717, 1.165) is 19.3 Å². The van der Waals surface area contributed by atoms with Crippen molar-refractivity contribution in [2.24, 2.45) is 51.5 Å². The average molecular weight is 647 g/mol. The number of phenolic OH excluding ortho intramolecular Hbond substituents is 1. The van der Waals surface area contributed by atoms with Crippen LogP contribution in [0.5, 0.6) is 5.75 Å². The van der Waals surface area contributed by atoms with E-state index >= 15 is 0 Å². The van der Waals surface area contributed by atoms with Crippen molar-refractivity contribution in [1.29, 1.82) is 5.26 Å². The van der Waals surface area contributed by atoms with Gasteiger partial charge in [-0.1, -0.05) is 12.1 Å². The number of esters is 1. The van der Waals surface area contributed by atoms with Crippen LogP contribution >= 0.6 is 0 Å². The van der Waals surface area contributed by atoms with E-state index in [-0.39, 0.29) is 11.1 Å². The molecule has 0 aromatic heterocycles. The van der Waals surface area contributed by atoms with Gasteiger partial charge in [0.25, 0.3) is 5.91 Å². The Labute approximate surface area is 270 Å². The Bertz CT molecular complexity index is 1760. The number of likely N-dealkylation sites (N-methyl/N-ethyl adjacent to an activating group) is 1. The van der Waals surface area contributed by atoms with E-state index in [9.17, 15) is 39.8 Å². The van der Waals surface area contributed by atoms with Crippen molar-refractivity contribution >= 4 is 29.2 Å². The van der Waals surface area contributed by atoms with Crippen LogP contribution in [0.15, 0.2) is 35.1 Å². The summed E-state index contributed by atoms with van der Waals surface area (Å²) in [6.07, 6.45) is 2.62. The largest absolute Gasteiger partial charge is 0.509 e. The predicted molar refractivity (Wildman–Crippen MR) is 163 cm³/mol. The molecule has 5 fully saturated rings. The smallest absolute Gasteiger partial charge is 0.312 e. The molecule has 0 aliphatic heterocycles. The Morgan fingerprint density at radius 1 is 1.02 bits per heavy atom. The number of benzene rings is 1. The summed E-state index contributed by atoms with van der Waals surface area (Å²) in [5.74, 6) is -6.43. The summed E-state index contributed by atoms with van der Waals surface area (Å²) < 4.78 is 6.42. The molecule has 11 N–H and O–H groups in total. The molecule has 14 nitrogen and oxygen atoms in total. The molecule has 0 heterocycles. The standard InChI is InChI=1S/C33H38N6O8/c1-39(2)24-22(42)19(27(36)45)25(43)31(12-34)26(44)20-21(41)18-16(4-3-5-17(18)40)23(35)32(20,37)28(33(24,31)38)47-29(46)30-9-13-6-14(10-30)8-15(7-13)11-30/h3-5,13-15,23-24,28,40-41,43H,6-11,35,37-38H2,1-2H3,(H2,36,45)/t13?,14?,15?,23-,24+,28-,30?,31-,32+,33-/m0/s1. The molecule has 0 spiro atoms. The number of phenols is 1. The molecule has 7 aliphatic rings. The normalized spacial score (nSPS) is 41.7. The molecule has 1 aromatic rings. The first-order valence-electron chi connectivity index (χ1n) is 15.7. The molecule has 0 unspecified atom stereocenters. The SMILES string of the molecule is CN(C)[C@@H]1C(=O)C(C(N)=O)=C(O)[C@@]2(C#N)C(=O)C3=C(O)c4c(O)cccc4[C@H](N)[C@@]3(N)[C@H](OC(=O)C34CC5CC(CC(C5)C3)C4)[C@@]12N. The van der Waals surface area contributed by atoms with Crippen LogP contribution in [-0.4, -0.2) is 81.0 Å². The van der Waals surface area contributed by atoms with Gasteiger partial charge in [0, 0.05) is 0 Å². The maximum absolute atomic E-state index is 14.9. The number of aliphatic hydroxyl groups excluding tert-OH is 2. The van der Waals surface area contributed by atoms with Crippen molar-refractivity contribution in [1.82, 2.24) is 4.90 Å². The number of aromatic hydroxyl groups is 1. The molecule has 0 saturated heterocycles. The fraction of sp³-hybridized carbons (Fsp3) is 0.545. The van der Waals surface area contributed by atoms with Crippen molar-refractivity contribution in [3.05, 3.63) is 46.2 Å². The van der Waals surface area contributed by atoms with Gasteiger partial charge in [0.15, 0.2) is 11.6 Å². The Balaban J connectivity index is 1.54. The van der Waals surface area contributed by atoms with Crippen molar-refractivity contribution in [3.8, 4) is 11.8 Å². The zero-order valence-corrected chi connectivity index (χ0v) is 26.0. The molecule has 248 valence electrons. The highest BCUT2D eigenvalue weighted by Crippen LogP contribution is 2.64. The lowest BCUT2D eigenvalue weighted by Crippen LogP contribution is -2.88. The predicted octanol–water partition coefficient (Wildman–Crippen LogP) is 0.101. The Kier molecular flexibility index (Phi) is 6.42. The number of ketones is 2. The fourth-order valence-electron chi connectivity index (χ4n) is 10.6. The number of carbonyl (C=O) groups is 4. The topological polar surface area (TPSA) is 269 Å². The second-order valence-electron chi connectivity index (χ2n) is 14.8. The number of rotatable bonds is 4. The summed E-state index contributed by atoms with van der Waals surface area (Å²) >= 11 is 0. The highest BCUT2D eigenvalue weighted by atomic mass is 16.6. The van der Waals surface area contributed by atoms with E-state index in [2.05, 4.69) is 0 Å². The zero-order valence-electron chi connectivity index (χ0n) is 26.0. The molecule has 14 heteroatoms. The van der Waals surface area contributed by atoms with Crippen LogP contribution in [0.4, 0.5) is 0 Å². The maximum atomic E-state index is 14.9. The zero-order chi connectivity index (χ0) is 34.2. The first kappa shape index (κ1) is 31.3. The summed E-state index contributed by atoms with van der Waals surface area (Å²) in [5, 5.41) is 45.2. The summed E-state index contributed by atoms with van der Waals surface area (Å²) in [7, 11) is 2.78. The van der Waals surface area contributed by atoms with Gasteiger partial charge in [0.1, 0.15) is 40.0 Å². The van der Waals surface area contributed by atoms with Crippen molar-refractivity contribution < 1.29 is 39.2 Å². The number of amides is 1. The highest BCUT2D eigenvalue weighted by molar-refractivity contribution is 6.26. The van der Waals surface area contributed by atoms with Gasteiger partial charge in [-0.3, -0.25) is 24.1 Å². The highest BCUT2D eigenvalue weighted by Gasteiger charge is 2.81. The number of primary amides is 1. The van der Waals surface area contributed by atoms with E-state index in [1.54, 1.807) is 6.07 Å². The molecular formula is C33H38N6O8. The molecule has 47 heavy (non-hydrogen) atoms. The second-order valence-corrected chi connectivity index (χ2v) is 14.8. The maximum Gasteiger partial charge on any atom is 0.312 e. The van der Waals surface area contributed by atoms with E-state index in [1.165, 1.54) is 37.2 Å². The average Bonchev–Trinajstić information content (AvgIpc) is 2.97. The first-order chi connectivity index (χ1) is 22.0. The van der Waals surface area contributed by atoms with Crippen LogP contribution in [0, 0.1) is 39.9 Å². The molecule has 6 atom stereocenters. The Morgan fingerprint density at radius 2 is 1.60 bits per heavy atom. The molecule has 0 radical (unpaired) electrons. The third-order valence-corrected chi connectivity index (χ3v) is 12.1. The van der Waals surface area contributed by atoms with Gasteiger partial charge in [-0.05, 0) is 82.0 Å². The van der Waals surface area contributed by atoms with Crippen LogP contribution in [0.25, 0.3) is 5.76 Å². The molecule has 4 bridgehead atoms. The molecule has 8 rings (SSSR count). The minimum absolute atomic E-state index is 0.0755. The lowest BCUT2D eigenvalue weighted by Gasteiger charge is -2.63. The van der Waals surface area contributed by atoms with Gasteiger partial charge < -0.3 is 43.0 Å². The minimum Gasteiger partial charge on any atom is -0.509 e. The van der Waals surface area contributed by atoms with Crippen LogP contribution in [0.3, 0.4) is 0 Å². The van der Waals surface area contributed by atoms with Gasteiger partial charge in [0.05, 0.1) is 34.7 Å². The lowest BCUT2D eigenvalue weighted by atomic mass is 9.44. The third kappa shape index (κ3) is 3.52. The van der Waals surface area contributed by atoms with Gasteiger partial charge >= 0.3 is 5.97 Å². The molecular weight excluding hydrogens is 608 g/mol. The van der Waals surface area contributed by atoms with Crippen LogP contribution < -0.4 is 22.9 Å². The second kappa shape index (κ2) is 9.63. The summed E-state index contributed by atoms with van der Waals surface area (Å²) in [4.78, 5) is 57.5. The van der Waals surface area contributed by atoms with Gasteiger partial charge in [-0.15, -0.1) is 0 Å². The summed E-state index contributed by atoms with van der Waals surface area (Å²) in [6.45, 7) is 0.